The molecule has 3 rings (SSSR count). The second-order valence-electron chi connectivity index (χ2n) is 5.28. The van der Waals surface area contributed by atoms with E-state index >= 15 is 0 Å². The van der Waals surface area contributed by atoms with E-state index in [2.05, 4.69) is 47.1 Å². The Kier molecular flexibility index (Phi) is 3.18. The quantitative estimate of drug-likeness (QED) is 0.748. The first-order valence-corrected chi connectivity index (χ1v) is 7.01. The first-order valence-electron chi connectivity index (χ1n) is 7.01. The van der Waals surface area contributed by atoms with Crippen molar-refractivity contribution in [3.63, 3.8) is 0 Å². The van der Waals surface area contributed by atoms with Crippen LogP contribution in [0.5, 0.6) is 0 Å². The molecule has 0 spiro atoms. The number of hydrogen-bond donors (Lipinski definition) is 0. The third-order valence-corrected chi connectivity index (χ3v) is 3.91. The molecule has 0 unspecified atom stereocenters. The van der Waals surface area contributed by atoms with Gasteiger partial charge in [0.2, 0.25) is 0 Å². The maximum Gasteiger partial charge on any atom is 0.275 e. The van der Waals surface area contributed by atoms with Crippen molar-refractivity contribution in [2.75, 3.05) is 18.0 Å². The van der Waals surface area contributed by atoms with Crippen LogP contribution in [0.25, 0.3) is 10.9 Å². The van der Waals surface area contributed by atoms with E-state index in [4.69, 9.17) is 0 Å². The Morgan fingerprint density at radius 3 is 2.50 bits per heavy atom. The Balaban J connectivity index is 2.01. The fraction of sp³-hybridized carbons (Fsp3) is 0.438. The van der Waals surface area contributed by atoms with Gasteiger partial charge in [0.1, 0.15) is 5.52 Å². The molecule has 0 radical (unpaired) electrons. The van der Waals surface area contributed by atoms with Crippen molar-refractivity contribution >= 4 is 16.7 Å². The van der Waals surface area contributed by atoms with E-state index in [1.54, 1.807) is 0 Å². The van der Waals surface area contributed by atoms with Crippen molar-refractivity contribution in [2.45, 2.75) is 32.6 Å². The average Bonchev–Trinajstić information content (AvgIpc) is 2.67. The van der Waals surface area contributed by atoms with E-state index < -0.39 is 0 Å². The Morgan fingerprint density at radius 2 is 1.72 bits per heavy atom. The second-order valence-corrected chi connectivity index (χ2v) is 5.28. The highest BCUT2D eigenvalue weighted by atomic mass is 15.2. The predicted molar refractivity (Wildman–Crippen MR) is 75.9 cm³/mol. The summed E-state index contributed by atoms with van der Waals surface area (Å²) in [6.07, 6.45) is 5.39. The number of rotatable bonds is 1. The number of nitrogens with zero attached hydrogens (tertiary/aromatic N) is 1. The van der Waals surface area contributed by atoms with E-state index in [9.17, 15) is 0 Å². The molecule has 18 heavy (non-hydrogen) atoms. The van der Waals surface area contributed by atoms with Gasteiger partial charge in [-0.1, -0.05) is 18.2 Å². The normalized spacial score (nSPS) is 16.8. The molecule has 1 saturated heterocycles. The molecular weight excluding hydrogens is 220 g/mol. The average molecular weight is 241 g/mol. The molecule has 0 aliphatic carbocycles. The Bertz CT molecular complexity index is 540. The van der Waals surface area contributed by atoms with Crippen LogP contribution in [0.4, 0.5) is 5.82 Å². The van der Waals surface area contributed by atoms with Gasteiger partial charge in [-0.15, -0.1) is 0 Å². The van der Waals surface area contributed by atoms with Crippen LogP contribution in [-0.2, 0) is 0 Å². The largest absolute Gasteiger partial charge is 0.275 e. The van der Waals surface area contributed by atoms with Crippen molar-refractivity contribution in [1.29, 1.82) is 0 Å². The first-order chi connectivity index (χ1) is 8.84. The molecule has 2 heterocycles. The number of aryl methyl sites for hydroxylation is 1. The summed E-state index contributed by atoms with van der Waals surface area (Å²) in [6, 6.07) is 10.9. The van der Waals surface area contributed by atoms with Crippen molar-refractivity contribution in [3.05, 3.63) is 35.9 Å². The first kappa shape index (κ1) is 11.5. The van der Waals surface area contributed by atoms with Gasteiger partial charge in [0.15, 0.2) is 0 Å². The molecule has 1 aromatic heterocycles. The van der Waals surface area contributed by atoms with Gasteiger partial charge in [-0.2, -0.15) is 0 Å². The Morgan fingerprint density at radius 1 is 1.00 bits per heavy atom. The van der Waals surface area contributed by atoms with Crippen molar-refractivity contribution in [3.8, 4) is 0 Å². The number of hydrogen-bond acceptors (Lipinski definition) is 1. The molecular formula is C16H21N2+. The second kappa shape index (κ2) is 4.97. The Labute approximate surface area is 109 Å². The Hall–Kier alpha value is -1.57. The molecule has 2 heteroatoms. The zero-order valence-electron chi connectivity index (χ0n) is 11.1. The summed E-state index contributed by atoms with van der Waals surface area (Å²) in [4.78, 5) is 6.10. The molecule has 0 atom stereocenters. The van der Waals surface area contributed by atoms with Crippen molar-refractivity contribution in [2.24, 2.45) is 0 Å². The van der Waals surface area contributed by atoms with Gasteiger partial charge >= 0.3 is 0 Å². The van der Waals surface area contributed by atoms with Crippen molar-refractivity contribution in [1.82, 2.24) is 0 Å². The fourth-order valence-corrected chi connectivity index (χ4v) is 2.87. The van der Waals surface area contributed by atoms with Crippen LogP contribution in [0, 0.1) is 6.92 Å². The number of pyridine rings is 1. The van der Waals surface area contributed by atoms with Crippen LogP contribution >= 0.6 is 0 Å². The number of H-pyrrole nitrogens is 1. The fourth-order valence-electron chi connectivity index (χ4n) is 2.87. The van der Waals surface area contributed by atoms with Gasteiger partial charge in [0.05, 0.1) is 13.1 Å². The van der Waals surface area contributed by atoms with Gasteiger partial charge in [0, 0.05) is 11.5 Å². The number of aromatic amines is 1. The number of nitrogens with one attached hydrogen (secondary N) is 1. The van der Waals surface area contributed by atoms with E-state index in [1.807, 2.05) is 0 Å². The molecule has 2 nitrogen and oxygen atoms in total. The maximum absolute atomic E-state index is 3.59. The zero-order valence-corrected chi connectivity index (χ0v) is 11.1. The summed E-state index contributed by atoms with van der Waals surface area (Å²) in [5.74, 6) is 1.29. The molecule has 1 aliphatic heterocycles. The highest BCUT2D eigenvalue weighted by Gasteiger charge is 2.18. The monoisotopic (exact) mass is 241 g/mol. The molecule has 94 valence electrons. The van der Waals surface area contributed by atoms with Gasteiger partial charge in [-0.3, -0.25) is 4.90 Å². The van der Waals surface area contributed by atoms with E-state index in [0.29, 0.717) is 0 Å². The summed E-state index contributed by atoms with van der Waals surface area (Å²) >= 11 is 0. The summed E-state index contributed by atoms with van der Waals surface area (Å²) in [7, 11) is 0. The molecule has 0 bridgehead atoms. The van der Waals surface area contributed by atoms with Crippen LogP contribution in [0.3, 0.4) is 0 Å². The van der Waals surface area contributed by atoms with Crippen molar-refractivity contribution < 1.29 is 4.98 Å². The topological polar surface area (TPSA) is 17.4 Å². The van der Waals surface area contributed by atoms with Gasteiger partial charge < -0.3 is 0 Å². The van der Waals surface area contributed by atoms with E-state index in [0.717, 1.165) is 0 Å². The van der Waals surface area contributed by atoms with Gasteiger partial charge in [-0.25, -0.2) is 4.98 Å². The standard InChI is InChI=1S/C16H20N2/c1-13-12-16(18-10-6-2-3-7-11-18)17-15-9-5-4-8-14(13)15/h4-5,8-9,12H,2-3,6-7,10-11H2,1H3/p+1. The lowest BCUT2D eigenvalue weighted by Crippen LogP contribution is -2.30. The van der Waals surface area contributed by atoms with E-state index in [1.165, 1.54) is 61.1 Å². The van der Waals surface area contributed by atoms with Gasteiger partial charge in [-0.05, 0) is 44.2 Å². The molecule has 1 fully saturated rings. The minimum absolute atomic E-state index is 1.19. The van der Waals surface area contributed by atoms with Crippen LogP contribution in [0.1, 0.15) is 31.2 Å². The number of aromatic nitrogens is 1. The number of anilines is 1. The lowest BCUT2D eigenvalue weighted by atomic mass is 10.1. The summed E-state index contributed by atoms with van der Waals surface area (Å²) in [6.45, 7) is 4.58. The van der Waals surface area contributed by atoms with E-state index in [-0.39, 0.29) is 0 Å². The summed E-state index contributed by atoms with van der Waals surface area (Å²) < 4.78 is 0. The smallest absolute Gasteiger partial charge is 0.262 e. The minimum Gasteiger partial charge on any atom is -0.262 e. The molecule has 1 N–H and O–H groups in total. The van der Waals surface area contributed by atoms with Crippen LogP contribution in [0.15, 0.2) is 30.3 Å². The summed E-state index contributed by atoms with van der Waals surface area (Å²) in [5.41, 5.74) is 2.61. The highest BCUT2D eigenvalue weighted by molar-refractivity contribution is 5.80. The number of para-hydroxylation sites is 1. The molecule has 1 aromatic carbocycles. The lowest BCUT2D eigenvalue weighted by Gasteiger charge is -2.15. The predicted octanol–water partition coefficient (Wildman–Crippen LogP) is 3.34. The number of fused-ring (bicyclic) bond motifs is 1. The third kappa shape index (κ3) is 2.20. The zero-order chi connectivity index (χ0) is 12.4. The molecule has 0 saturated carbocycles. The minimum atomic E-state index is 1.19. The SMILES string of the molecule is Cc1cc(N2CCCCCC2)[nH+]c2ccccc12. The van der Waals surface area contributed by atoms with Crippen LogP contribution in [0.2, 0.25) is 0 Å². The third-order valence-electron chi connectivity index (χ3n) is 3.91. The maximum atomic E-state index is 3.59. The highest BCUT2D eigenvalue weighted by Crippen LogP contribution is 2.21. The lowest BCUT2D eigenvalue weighted by molar-refractivity contribution is -0.330. The number of benzene rings is 1. The van der Waals surface area contributed by atoms with Crippen LogP contribution in [-0.4, -0.2) is 13.1 Å². The van der Waals surface area contributed by atoms with Crippen LogP contribution < -0.4 is 9.88 Å². The molecule has 2 aromatic rings. The molecule has 0 amide bonds. The molecule has 1 aliphatic rings. The summed E-state index contributed by atoms with van der Waals surface area (Å²) in [5, 5.41) is 1.33. The van der Waals surface area contributed by atoms with Gasteiger partial charge in [0.25, 0.3) is 5.82 Å².